The molecule has 0 saturated carbocycles. The second-order valence-corrected chi connectivity index (χ2v) is 11.1. The van der Waals surface area contributed by atoms with E-state index in [-0.39, 0.29) is 28.7 Å². The van der Waals surface area contributed by atoms with Crippen molar-refractivity contribution in [3.63, 3.8) is 0 Å². The first-order valence-corrected chi connectivity index (χ1v) is 12.8. The molecule has 0 radical (unpaired) electrons. The molecule has 2 aromatic carbocycles. The lowest BCUT2D eigenvalue weighted by atomic mass is 10.0. The number of carbonyl (C=O) groups is 1. The van der Waals surface area contributed by atoms with Gasteiger partial charge < -0.3 is 10.1 Å². The van der Waals surface area contributed by atoms with Crippen molar-refractivity contribution in [3.8, 4) is 5.75 Å². The molecule has 1 unspecified atom stereocenters. The first-order chi connectivity index (χ1) is 15.7. The highest BCUT2D eigenvalue weighted by Crippen LogP contribution is 2.32. The average molecular weight is 499 g/mol. The lowest BCUT2D eigenvalue weighted by molar-refractivity contribution is -0.137. The lowest BCUT2D eigenvalue weighted by Crippen LogP contribution is -2.54. The molecule has 0 spiro atoms. The van der Waals surface area contributed by atoms with Gasteiger partial charge in [-0.3, -0.25) is 9.69 Å². The van der Waals surface area contributed by atoms with E-state index in [0.29, 0.717) is 19.5 Å². The van der Waals surface area contributed by atoms with Crippen molar-refractivity contribution in [2.24, 2.45) is 0 Å². The Labute approximate surface area is 198 Å². The Hall–Kier alpha value is -2.59. The highest BCUT2D eigenvalue weighted by Gasteiger charge is 2.40. The third-order valence-electron chi connectivity index (χ3n) is 6.11. The van der Waals surface area contributed by atoms with Crippen molar-refractivity contribution < 1.29 is 31.1 Å². The summed E-state index contributed by atoms with van der Waals surface area (Å²) in [7, 11) is -3.30. The summed E-state index contributed by atoms with van der Waals surface area (Å²) in [4.78, 5) is 15.2. The van der Waals surface area contributed by atoms with Crippen LogP contribution in [0.2, 0.25) is 0 Å². The fourth-order valence-electron chi connectivity index (χ4n) is 3.87. The molecule has 1 amide bonds. The van der Waals surface area contributed by atoms with Gasteiger partial charge in [-0.25, -0.2) is 8.42 Å². The second-order valence-electron chi connectivity index (χ2n) is 9.10. The maximum absolute atomic E-state index is 13.1. The van der Waals surface area contributed by atoms with Gasteiger partial charge in [0, 0.05) is 19.3 Å². The van der Waals surface area contributed by atoms with Crippen LogP contribution in [0.15, 0.2) is 53.4 Å². The Morgan fingerprint density at radius 2 is 1.79 bits per heavy atom. The summed E-state index contributed by atoms with van der Waals surface area (Å²) in [5, 5.41) is 2.96. The number of likely N-dealkylation sites (tertiary alicyclic amines) is 1. The van der Waals surface area contributed by atoms with Crippen molar-refractivity contribution in [1.29, 1.82) is 0 Å². The minimum Gasteiger partial charge on any atom is -0.489 e. The second kappa shape index (κ2) is 9.58. The summed E-state index contributed by atoms with van der Waals surface area (Å²) in [5.41, 5.74) is -0.880. The number of amides is 1. The van der Waals surface area contributed by atoms with E-state index >= 15 is 0 Å². The number of rotatable bonds is 7. The molecule has 1 fully saturated rings. The monoisotopic (exact) mass is 498 g/mol. The Morgan fingerprint density at radius 1 is 1.15 bits per heavy atom. The molecule has 1 heterocycles. The number of halogens is 3. The minimum atomic E-state index is -4.44. The number of nitrogens with zero attached hydrogens (tertiary/aromatic N) is 1. The van der Waals surface area contributed by atoms with Crippen LogP contribution in [0.1, 0.15) is 44.4 Å². The molecule has 1 aliphatic heterocycles. The van der Waals surface area contributed by atoms with Crippen LogP contribution < -0.4 is 10.1 Å². The largest absolute Gasteiger partial charge is 0.489 e. The smallest absolute Gasteiger partial charge is 0.416 e. The number of alkyl halides is 3. The van der Waals surface area contributed by atoms with Crippen LogP contribution >= 0.6 is 0 Å². The average Bonchev–Trinajstić information content (AvgIpc) is 3.22. The van der Waals surface area contributed by atoms with Gasteiger partial charge in [0.05, 0.1) is 22.0 Å². The highest BCUT2D eigenvalue weighted by molar-refractivity contribution is 7.90. The number of benzene rings is 2. The lowest BCUT2D eigenvalue weighted by Gasteiger charge is -2.35. The van der Waals surface area contributed by atoms with Gasteiger partial charge in [0.1, 0.15) is 11.9 Å². The van der Waals surface area contributed by atoms with Crippen LogP contribution in [0.5, 0.6) is 5.75 Å². The highest BCUT2D eigenvalue weighted by atomic mass is 32.2. The van der Waals surface area contributed by atoms with Crippen LogP contribution in [0.4, 0.5) is 13.2 Å². The number of hydrogen-bond donors (Lipinski definition) is 1. The molecule has 0 aliphatic carbocycles. The zero-order chi connectivity index (χ0) is 25.3. The molecule has 6 nitrogen and oxygen atoms in total. The molecule has 0 bridgehead atoms. The predicted molar refractivity (Wildman–Crippen MR) is 122 cm³/mol. The van der Waals surface area contributed by atoms with Crippen LogP contribution in [0, 0.1) is 0 Å². The van der Waals surface area contributed by atoms with Crippen LogP contribution in [0.3, 0.4) is 0 Å². The molecule has 3 rings (SSSR count). The van der Waals surface area contributed by atoms with E-state index < -0.39 is 27.1 Å². The molecule has 34 heavy (non-hydrogen) atoms. The van der Waals surface area contributed by atoms with Gasteiger partial charge in [-0.15, -0.1) is 0 Å². The van der Waals surface area contributed by atoms with E-state index in [2.05, 4.69) is 5.32 Å². The molecule has 1 saturated heterocycles. The van der Waals surface area contributed by atoms with E-state index in [1.54, 1.807) is 26.0 Å². The predicted octanol–water partition coefficient (Wildman–Crippen LogP) is 4.22. The van der Waals surface area contributed by atoms with E-state index in [4.69, 9.17) is 4.74 Å². The normalized spacial score (nSPS) is 18.5. The Balaban J connectivity index is 1.61. The van der Waals surface area contributed by atoms with E-state index in [9.17, 15) is 26.4 Å². The van der Waals surface area contributed by atoms with Crippen molar-refractivity contribution in [3.05, 3.63) is 59.7 Å². The standard InChI is InChI=1S/C24H29F3N2O4S/c1-16(17-8-10-21(11-9-17)34(4,31)32)28-22(30)23(2,3)29-13-12-20(15-29)33-19-7-5-6-18(14-19)24(25,26)27/h5-11,14,16,20H,12-13,15H2,1-4H3,(H,28,30)/t16-,20?/m0/s1. The van der Waals surface area contributed by atoms with E-state index in [0.717, 1.165) is 24.0 Å². The first kappa shape index (κ1) is 26.0. The van der Waals surface area contributed by atoms with E-state index in [1.807, 2.05) is 11.8 Å². The minimum absolute atomic E-state index is 0.148. The summed E-state index contributed by atoms with van der Waals surface area (Å²) in [6.07, 6.45) is -3.06. The van der Waals surface area contributed by atoms with Crippen LogP contribution in [-0.4, -0.2) is 50.2 Å². The van der Waals surface area contributed by atoms with Crippen LogP contribution in [-0.2, 0) is 20.8 Å². The van der Waals surface area contributed by atoms with Gasteiger partial charge in [-0.2, -0.15) is 13.2 Å². The van der Waals surface area contributed by atoms with Crippen molar-refractivity contribution in [2.45, 2.75) is 55.9 Å². The van der Waals surface area contributed by atoms with E-state index in [1.165, 1.54) is 24.3 Å². The summed E-state index contributed by atoms with van der Waals surface area (Å²) >= 11 is 0. The molecule has 2 aromatic rings. The fraction of sp³-hybridized carbons (Fsp3) is 0.458. The van der Waals surface area contributed by atoms with Gasteiger partial charge >= 0.3 is 6.18 Å². The zero-order valence-corrected chi connectivity index (χ0v) is 20.3. The van der Waals surface area contributed by atoms with Gasteiger partial charge in [0.2, 0.25) is 5.91 Å². The Kier molecular flexibility index (Phi) is 7.33. The molecule has 186 valence electrons. The van der Waals surface area contributed by atoms with Gasteiger partial charge in [-0.1, -0.05) is 18.2 Å². The van der Waals surface area contributed by atoms with Crippen molar-refractivity contribution >= 4 is 15.7 Å². The topological polar surface area (TPSA) is 75.7 Å². The summed E-state index contributed by atoms with van der Waals surface area (Å²) in [6.45, 7) is 6.34. The number of ether oxygens (including phenoxy) is 1. The molecule has 1 N–H and O–H groups in total. The zero-order valence-electron chi connectivity index (χ0n) is 19.5. The number of hydrogen-bond acceptors (Lipinski definition) is 5. The molecular weight excluding hydrogens is 469 g/mol. The molecule has 10 heteroatoms. The third-order valence-corrected chi connectivity index (χ3v) is 7.24. The molecule has 0 aromatic heterocycles. The molecule has 1 aliphatic rings. The maximum Gasteiger partial charge on any atom is 0.416 e. The van der Waals surface area contributed by atoms with Crippen LogP contribution in [0.25, 0.3) is 0 Å². The fourth-order valence-corrected chi connectivity index (χ4v) is 4.50. The number of nitrogens with one attached hydrogen (secondary N) is 1. The maximum atomic E-state index is 13.1. The number of carbonyl (C=O) groups excluding carboxylic acids is 1. The van der Waals surface area contributed by atoms with Crippen molar-refractivity contribution in [1.82, 2.24) is 10.2 Å². The first-order valence-electron chi connectivity index (χ1n) is 10.9. The van der Waals surface area contributed by atoms with Crippen molar-refractivity contribution in [2.75, 3.05) is 19.3 Å². The molecule has 2 atom stereocenters. The van der Waals surface area contributed by atoms with Gasteiger partial charge in [-0.05, 0) is 63.1 Å². The molecular formula is C24H29F3N2O4S. The Morgan fingerprint density at radius 3 is 2.38 bits per heavy atom. The quantitative estimate of drug-likeness (QED) is 0.619. The third kappa shape index (κ3) is 6.09. The summed E-state index contributed by atoms with van der Waals surface area (Å²) in [6, 6.07) is 10.8. The van der Waals surface area contributed by atoms with Gasteiger partial charge in [0.15, 0.2) is 9.84 Å². The summed E-state index contributed by atoms with van der Waals surface area (Å²) in [5.74, 6) is -0.0676. The Bertz CT molecular complexity index is 1130. The van der Waals surface area contributed by atoms with Gasteiger partial charge in [0.25, 0.3) is 0 Å². The number of sulfone groups is 1. The SMILES string of the molecule is C[C@H](NC(=O)C(C)(C)N1CCC(Oc2cccc(C(F)(F)F)c2)C1)c1ccc(S(C)(=O)=O)cc1. The summed E-state index contributed by atoms with van der Waals surface area (Å²) < 4.78 is 67.9.